The van der Waals surface area contributed by atoms with Crippen molar-refractivity contribution in [2.75, 3.05) is 39.3 Å². The molecule has 0 bridgehead atoms. The van der Waals surface area contributed by atoms with Gasteiger partial charge in [-0.25, -0.2) is 20.0 Å². The van der Waals surface area contributed by atoms with Crippen molar-refractivity contribution in [2.45, 2.75) is 40.8 Å². The lowest BCUT2D eigenvalue weighted by Gasteiger charge is -2.31. The number of carbonyl (C=O) groups excluding carboxylic acids is 4. The Labute approximate surface area is 248 Å². The van der Waals surface area contributed by atoms with Crippen LogP contribution >= 0.6 is 0 Å². The molecule has 12 heteroatoms. The third-order valence-corrected chi connectivity index (χ3v) is 6.07. The average molecular weight is 581 g/mol. The van der Waals surface area contributed by atoms with E-state index >= 15 is 0 Å². The molecule has 1 aliphatic rings. The summed E-state index contributed by atoms with van der Waals surface area (Å²) in [5.41, 5.74) is 13.1. The molecule has 0 unspecified atom stereocenters. The Bertz CT molecular complexity index is 1030. The van der Waals surface area contributed by atoms with E-state index in [0.29, 0.717) is 13.1 Å². The van der Waals surface area contributed by atoms with Crippen molar-refractivity contribution in [3.8, 4) is 0 Å². The van der Waals surface area contributed by atoms with Crippen LogP contribution in [-0.2, 0) is 32.3 Å². The van der Waals surface area contributed by atoms with E-state index in [-0.39, 0.29) is 74.7 Å². The molecule has 0 atom stereocenters. The molecule has 12 nitrogen and oxygen atoms in total. The molecular formula is C30H44N8O4. The van der Waals surface area contributed by atoms with Crippen LogP contribution in [0.15, 0.2) is 60.7 Å². The summed E-state index contributed by atoms with van der Waals surface area (Å²) >= 11 is 0. The van der Waals surface area contributed by atoms with Gasteiger partial charge >= 0.3 is 0 Å². The fraction of sp³-hybridized carbons (Fsp3) is 0.467. The van der Waals surface area contributed by atoms with E-state index in [2.05, 4.69) is 21.7 Å². The lowest BCUT2D eigenvalue weighted by Crippen LogP contribution is -2.58. The van der Waals surface area contributed by atoms with Crippen molar-refractivity contribution in [2.24, 2.45) is 11.8 Å². The first-order valence-electron chi connectivity index (χ1n) is 14.3. The van der Waals surface area contributed by atoms with Gasteiger partial charge in [0.2, 0.25) is 23.6 Å². The molecule has 0 spiro atoms. The van der Waals surface area contributed by atoms with Crippen LogP contribution in [0.5, 0.6) is 0 Å². The summed E-state index contributed by atoms with van der Waals surface area (Å²) in [6, 6.07) is 19.0. The lowest BCUT2D eigenvalue weighted by atomic mass is 10.2. The van der Waals surface area contributed by atoms with Gasteiger partial charge in [-0.15, -0.1) is 0 Å². The summed E-state index contributed by atoms with van der Waals surface area (Å²) in [5, 5.41) is 6.18. The number of hydrogen-bond acceptors (Lipinski definition) is 8. The Hall–Kier alpha value is -3.84. The van der Waals surface area contributed by atoms with Gasteiger partial charge in [-0.3, -0.25) is 40.9 Å². The minimum atomic E-state index is -0.375. The molecule has 0 aliphatic carbocycles. The summed E-state index contributed by atoms with van der Waals surface area (Å²) in [7, 11) is 0. The first kappa shape index (κ1) is 32.7. The molecule has 4 N–H and O–H groups in total. The van der Waals surface area contributed by atoms with Crippen LogP contribution < -0.4 is 21.7 Å². The molecule has 0 saturated carbocycles. The van der Waals surface area contributed by atoms with E-state index < -0.39 is 0 Å². The number of carbonyl (C=O) groups is 4. The molecule has 1 aliphatic heterocycles. The van der Waals surface area contributed by atoms with E-state index in [0.717, 1.165) is 11.1 Å². The van der Waals surface area contributed by atoms with Gasteiger partial charge < -0.3 is 0 Å². The highest BCUT2D eigenvalue weighted by molar-refractivity contribution is 5.83. The largest absolute Gasteiger partial charge is 0.287 e. The Balaban J connectivity index is 1.86. The quantitative estimate of drug-likeness (QED) is 0.365. The fourth-order valence-corrected chi connectivity index (χ4v) is 4.60. The second kappa shape index (κ2) is 16.6. The number of nitrogens with zero attached hydrogens (tertiary/aromatic N) is 4. The smallest absolute Gasteiger partial charge is 0.250 e. The van der Waals surface area contributed by atoms with Crippen molar-refractivity contribution in [3.63, 3.8) is 0 Å². The zero-order chi connectivity index (χ0) is 30.5. The summed E-state index contributed by atoms with van der Waals surface area (Å²) in [4.78, 5) is 52.7. The predicted molar refractivity (Wildman–Crippen MR) is 159 cm³/mol. The molecule has 2 aromatic carbocycles. The molecule has 42 heavy (non-hydrogen) atoms. The van der Waals surface area contributed by atoms with E-state index in [4.69, 9.17) is 0 Å². The first-order chi connectivity index (χ1) is 20.0. The van der Waals surface area contributed by atoms with Crippen LogP contribution in [-0.4, -0.2) is 82.9 Å². The average Bonchev–Trinajstić information content (AvgIpc) is 2.88. The lowest BCUT2D eigenvalue weighted by molar-refractivity contribution is -0.137. The molecule has 4 amide bonds. The maximum atomic E-state index is 13.2. The second-order valence-corrected chi connectivity index (χ2v) is 11.4. The van der Waals surface area contributed by atoms with E-state index in [9.17, 15) is 19.2 Å². The molecule has 2 aromatic rings. The Morgan fingerprint density at radius 2 is 0.786 bits per heavy atom. The highest BCUT2D eigenvalue weighted by Crippen LogP contribution is 2.06. The van der Waals surface area contributed by atoms with Gasteiger partial charge in [0.25, 0.3) is 0 Å². The normalized spacial score (nSPS) is 18.0. The first-order valence-corrected chi connectivity index (χ1v) is 14.3. The number of hydrogen-bond donors (Lipinski definition) is 4. The maximum absolute atomic E-state index is 13.2. The molecule has 1 saturated heterocycles. The topological polar surface area (TPSA) is 129 Å². The van der Waals surface area contributed by atoms with Gasteiger partial charge in [-0.1, -0.05) is 88.4 Å². The molecule has 0 radical (unpaired) electrons. The maximum Gasteiger partial charge on any atom is 0.250 e. The summed E-state index contributed by atoms with van der Waals surface area (Å²) in [6.45, 7) is 8.83. The fourth-order valence-electron chi connectivity index (χ4n) is 4.60. The van der Waals surface area contributed by atoms with E-state index in [1.54, 1.807) is 10.0 Å². The van der Waals surface area contributed by atoms with Gasteiger partial charge in [-0.2, -0.15) is 0 Å². The van der Waals surface area contributed by atoms with Crippen LogP contribution in [0.1, 0.15) is 38.8 Å². The van der Waals surface area contributed by atoms with Gasteiger partial charge in [0.15, 0.2) is 0 Å². The summed E-state index contributed by atoms with van der Waals surface area (Å²) in [6.07, 6.45) is 0. The number of amides is 4. The molecule has 0 aromatic heterocycles. The molecule has 228 valence electrons. The molecule has 1 fully saturated rings. The minimum absolute atomic E-state index is 0.124. The second-order valence-electron chi connectivity index (χ2n) is 11.4. The highest BCUT2D eigenvalue weighted by atomic mass is 16.2. The van der Waals surface area contributed by atoms with Crippen molar-refractivity contribution in [3.05, 3.63) is 71.8 Å². The Morgan fingerprint density at radius 1 is 0.500 bits per heavy atom. The van der Waals surface area contributed by atoms with Crippen LogP contribution in [0.4, 0.5) is 0 Å². The number of rotatable bonds is 8. The number of nitrogens with one attached hydrogen (secondary N) is 4. The SMILES string of the molecule is CC(C)CN1CC(=O)NN(Cc2ccccc2)CC(=O)NN(CC(C)C)CC(=O)NN(Cc2ccccc2)CC(=O)N1. The standard InChI is InChI=1S/C30H44N8O4/c1-23(2)15-35-19-27(39)33-38(18-26-13-9-6-10-14-26)22-30(42)32-36(16-24(3)4)20-28(40)34-37(21-29(41)31-35)17-25-11-7-5-8-12-25/h5-14,23-24H,15-22H2,1-4H3,(H,31,41)(H,32,42)(H,33,39)(H,34,40). The van der Waals surface area contributed by atoms with Gasteiger partial charge in [-0.05, 0) is 23.0 Å². The minimum Gasteiger partial charge on any atom is -0.287 e. The van der Waals surface area contributed by atoms with E-state index in [1.807, 2.05) is 88.4 Å². The van der Waals surface area contributed by atoms with Crippen LogP contribution in [0.25, 0.3) is 0 Å². The Kier molecular flexibility index (Phi) is 12.9. The van der Waals surface area contributed by atoms with E-state index in [1.165, 1.54) is 10.0 Å². The summed E-state index contributed by atoms with van der Waals surface area (Å²) < 4.78 is 0. The predicted octanol–water partition coefficient (Wildman–Crippen LogP) is 1.05. The van der Waals surface area contributed by atoms with Crippen molar-refractivity contribution < 1.29 is 19.2 Å². The van der Waals surface area contributed by atoms with Gasteiger partial charge in [0.1, 0.15) is 0 Å². The monoisotopic (exact) mass is 580 g/mol. The molecule has 1 heterocycles. The van der Waals surface area contributed by atoms with Crippen LogP contribution in [0.3, 0.4) is 0 Å². The zero-order valence-corrected chi connectivity index (χ0v) is 25.0. The Morgan fingerprint density at radius 3 is 1.10 bits per heavy atom. The van der Waals surface area contributed by atoms with Crippen molar-refractivity contribution in [1.29, 1.82) is 0 Å². The van der Waals surface area contributed by atoms with Crippen LogP contribution in [0, 0.1) is 11.8 Å². The summed E-state index contributed by atoms with van der Waals surface area (Å²) in [5.74, 6) is -1.19. The third-order valence-electron chi connectivity index (χ3n) is 6.07. The third kappa shape index (κ3) is 12.4. The molecular weight excluding hydrogens is 536 g/mol. The highest BCUT2D eigenvalue weighted by Gasteiger charge is 2.24. The van der Waals surface area contributed by atoms with Crippen LogP contribution in [0.2, 0.25) is 0 Å². The van der Waals surface area contributed by atoms with Crippen molar-refractivity contribution in [1.82, 2.24) is 41.7 Å². The number of hydrazine groups is 4. The number of benzene rings is 2. The van der Waals surface area contributed by atoms with Gasteiger partial charge in [0, 0.05) is 26.2 Å². The zero-order valence-electron chi connectivity index (χ0n) is 25.0. The van der Waals surface area contributed by atoms with Gasteiger partial charge in [0.05, 0.1) is 26.2 Å². The van der Waals surface area contributed by atoms with Crippen molar-refractivity contribution >= 4 is 23.6 Å². The molecule has 3 rings (SSSR count).